The van der Waals surface area contributed by atoms with Crippen molar-refractivity contribution >= 4 is 28.9 Å². The van der Waals surface area contributed by atoms with Crippen LogP contribution in [0.5, 0.6) is 0 Å². The van der Waals surface area contributed by atoms with Crippen LogP contribution in [-0.2, 0) is 0 Å². The largest absolute Gasteiger partial charge is 0.378 e. The molecule has 0 radical (unpaired) electrons. The molecule has 166 valence electrons. The molecular formula is C27H30ClN3O. The van der Waals surface area contributed by atoms with Crippen LogP contribution in [0.2, 0.25) is 5.02 Å². The van der Waals surface area contributed by atoms with Crippen molar-refractivity contribution in [2.24, 2.45) is 0 Å². The molecule has 1 aliphatic rings. The van der Waals surface area contributed by atoms with Crippen molar-refractivity contribution in [3.8, 4) is 11.1 Å². The van der Waals surface area contributed by atoms with Crippen LogP contribution in [0.3, 0.4) is 0 Å². The van der Waals surface area contributed by atoms with Crippen LogP contribution in [0, 0.1) is 0 Å². The zero-order valence-corrected chi connectivity index (χ0v) is 19.6. The third-order valence-corrected chi connectivity index (χ3v) is 6.47. The zero-order valence-electron chi connectivity index (χ0n) is 18.9. The van der Waals surface area contributed by atoms with E-state index in [9.17, 15) is 4.79 Å². The molecule has 0 aromatic heterocycles. The maximum absolute atomic E-state index is 12.2. The number of halogens is 1. The van der Waals surface area contributed by atoms with Gasteiger partial charge in [-0.3, -0.25) is 4.79 Å². The Balaban J connectivity index is 1.62. The number of carbonyl (C=O) groups excluding carboxylic acids is 1. The van der Waals surface area contributed by atoms with Gasteiger partial charge in [-0.2, -0.15) is 0 Å². The standard InChI is InChI=1S/C27H30ClN3O/c1-4-15-29-27(32)20-7-5-19(6-8-20)21-9-14-26-24(17-21)25(16-18(2)31(26)3)30-23-12-10-22(28)11-13-23/h5-14,17-18,25,30H,4,15-16H2,1-3H3,(H,29,32). The van der Waals surface area contributed by atoms with Crippen LogP contribution in [0.25, 0.3) is 11.1 Å². The summed E-state index contributed by atoms with van der Waals surface area (Å²) in [6.45, 7) is 5.00. The molecule has 1 amide bonds. The summed E-state index contributed by atoms with van der Waals surface area (Å²) in [7, 11) is 2.16. The summed E-state index contributed by atoms with van der Waals surface area (Å²) in [5.41, 5.74) is 6.53. The number of rotatable bonds is 6. The molecular weight excluding hydrogens is 418 g/mol. The summed E-state index contributed by atoms with van der Waals surface area (Å²) in [4.78, 5) is 14.6. The van der Waals surface area contributed by atoms with Gasteiger partial charge in [0.25, 0.3) is 5.91 Å². The first-order valence-corrected chi connectivity index (χ1v) is 11.6. The van der Waals surface area contributed by atoms with E-state index in [0.717, 1.165) is 34.7 Å². The zero-order chi connectivity index (χ0) is 22.7. The van der Waals surface area contributed by atoms with E-state index >= 15 is 0 Å². The van der Waals surface area contributed by atoms with Crippen molar-refractivity contribution in [1.29, 1.82) is 0 Å². The van der Waals surface area contributed by atoms with E-state index in [2.05, 4.69) is 47.7 Å². The lowest BCUT2D eigenvalue weighted by Gasteiger charge is -2.39. The minimum absolute atomic E-state index is 0.0216. The first kappa shape index (κ1) is 22.2. The van der Waals surface area contributed by atoms with E-state index in [0.29, 0.717) is 18.2 Å². The minimum Gasteiger partial charge on any atom is -0.378 e. The molecule has 1 heterocycles. The molecule has 1 aliphatic heterocycles. The predicted molar refractivity (Wildman–Crippen MR) is 135 cm³/mol. The topological polar surface area (TPSA) is 44.4 Å². The fraction of sp³-hybridized carbons (Fsp3) is 0.296. The average Bonchev–Trinajstić information content (AvgIpc) is 2.82. The molecule has 0 spiro atoms. The van der Waals surface area contributed by atoms with E-state index in [-0.39, 0.29) is 11.9 Å². The van der Waals surface area contributed by atoms with Gasteiger partial charge in [-0.15, -0.1) is 0 Å². The molecule has 0 saturated heterocycles. The van der Waals surface area contributed by atoms with Crippen molar-refractivity contribution in [2.75, 3.05) is 23.8 Å². The Morgan fingerprint density at radius 2 is 1.72 bits per heavy atom. The summed E-state index contributed by atoms with van der Waals surface area (Å²) in [6, 6.07) is 23.0. The Labute approximate surface area is 195 Å². The van der Waals surface area contributed by atoms with Crippen LogP contribution in [-0.4, -0.2) is 25.5 Å². The van der Waals surface area contributed by atoms with Crippen molar-refractivity contribution in [1.82, 2.24) is 5.32 Å². The second kappa shape index (κ2) is 9.66. The highest BCUT2D eigenvalue weighted by atomic mass is 35.5. The highest BCUT2D eigenvalue weighted by Gasteiger charge is 2.28. The van der Waals surface area contributed by atoms with Crippen molar-refractivity contribution < 1.29 is 4.79 Å². The molecule has 0 saturated carbocycles. The lowest BCUT2D eigenvalue weighted by Crippen LogP contribution is -2.37. The molecule has 2 unspecified atom stereocenters. The number of carbonyl (C=O) groups is 1. The van der Waals surface area contributed by atoms with Crippen LogP contribution in [0.1, 0.15) is 48.7 Å². The van der Waals surface area contributed by atoms with E-state index in [1.165, 1.54) is 11.3 Å². The Hall–Kier alpha value is -2.98. The van der Waals surface area contributed by atoms with E-state index in [1.54, 1.807) is 0 Å². The van der Waals surface area contributed by atoms with Gasteiger partial charge in [-0.25, -0.2) is 0 Å². The number of anilines is 2. The van der Waals surface area contributed by atoms with E-state index in [1.807, 2.05) is 55.5 Å². The normalized spacial score (nSPS) is 17.6. The quantitative estimate of drug-likeness (QED) is 0.451. The highest BCUT2D eigenvalue weighted by molar-refractivity contribution is 6.30. The average molecular weight is 448 g/mol. The Morgan fingerprint density at radius 1 is 1.03 bits per heavy atom. The van der Waals surface area contributed by atoms with Crippen LogP contribution in [0.4, 0.5) is 11.4 Å². The van der Waals surface area contributed by atoms with Crippen molar-refractivity contribution in [2.45, 2.75) is 38.8 Å². The second-order valence-electron chi connectivity index (χ2n) is 8.51. The summed E-state index contributed by atoms with van der Waals surface area (Å²) in [5.74, 6) is -0.0216. The number of hydrogen-bond donors (Lipinski definition) is 2. The number of amides is 1. The summed E-state index contributed by atoms with van der Waals surface area (Å²) in [5, 5.41) is 7.37. The second-order valence-corrected chi connectivity index (χ2v) is 8.94. The van der Waals surface area contributed by atoms with Gasteiger partial charge in [0.15, 0.2) is 0 Å². The van der Waals surface area contributed by atoms with Gasteiger partial charge in [0.2, 0.25) is 0 Å². The third-order valence-electron chi connectivity index (χ3n) is 6.22. The maximum atomic E-state index is 12.2. The number of nitrogens with zero attached hydrogens (tertiary/aromatic N) is 1. The van der Waals surface area contributed by atoms with Crippen molar-refractivity contribution in [3.63, 3.8) is 0 Å². The van der Waals surface area contributed by atoms with Gasteiger partial charge in [0.1, 0.15) is 0 Å². The lowest BCUT2D eigenvalue weighted by molar-refractivity contribution is 0.0953. The van der Waals surface area contributed by atoms with Crippen molar-refractivity contribution in [3.05, 3.63) is 82.9 Å². The van der Waals surface area contributed by atoms with Crippen LogP contribution >= 0.6 is 11.6 Å². The number of hydrogen-bond acceptors (Lipinski definition) is 3. The Kier molecular flexibility index (Phi) is 6.71. The Bertz CT molecular complexity index is 1080. The summed E-state index contributed by atoms with van der Waals surface area (Å²) >= 11 is 6.06. The molecule has 0 aliphatic carbocycles. The molecule has 3 aromatic rings. The third kappa shape index (κ3) is 4.76. The van der Waals surface area contributed by atoms with Gasteiger partial charge in [-0.05, 0) is 85.0 Å². The molecule has 4 nitrogen and oxygen atoms in total. The predicted octanol–water partition coefficient (Wildman–Crippen LogP) is 6.53. The molecule has 2 atom stereocenters. The smallest absolute Gasteiger partial charge is 0.251 e. The van der Waals surface area contributed by atoms with E-state index < -0.39 is 0 Å². The minimum atomic E-state index is -0.0216. The maximum Gasteiger partial charge on any atom is 0.251 e. The highest BCUT2D eigenvalue weighted by Crippen LogP contribution is 2.40. The first-order chi connectivity index (χ1) is 15.5. The molecule has 3 aromatic carbocycles. The Morgan fingerprint density at radius 3 is 2.41 bits per heavy atom. The molecule has 5 heteroatoms. The molecule has 0 fully saturated rings. The SMILES string of the molecule is CCCNC(=O)c1ccc(-c2ccc3c(c2)C(Nc2ccc(Cl)cc2)CC(C)N3C)cc1. The van der Waals surface area contributed by atoms with Gasteiger partial charge >= 0.3 is 0 Å². The fourth-order valence-corrected chi connectivity index (χ4v) is 4.36. The van der Waals surface area contributed by atoms with Crippen LogP contribution < -0.4 is 15.5 Å². The van der Waals surface area contributed by atoms with Gasteiger partial charge in [0.05, 0.1) is 6.04 Å². The summed E-state index contributed by atoms with van der Waals surface area (Å²) < 4.78 is 0. The number of benzene rings is 3. The van der Waals surface area contributed by atoms with Crippen LogP contribution in [0.15, 0.2) is 66.7 Å². The van der Waals surface area contributed by atoms with Gasteiger partial charge in [-0.1, -0.05) is 36.7 Å². The molecule has 2 N–H and O–H groups in total. The number of nitrogens with one attached hydrogen (secondary N) is 2. The molecule has 32 heavy (non-hydrogen) atoms. The monoisotopic (exact) mass is 447 g/mol. The summed E-state index contributed by atoms with van der Waals surface area (Å²) in [6.07, 6.45) is 1.93. The lowest BCUT2D eigenvalue weighted by atomic mass is 9.89. The van der Waals surface area contributed by atoms with E-state index in [4.69, 9.17) is 11.6 Å². The van der Waals surface area contributed by atoms with Gasteiger partial charge < -0.3 is 15.5 Å². The fourth-order valence-electron chi connectivity index (χ4n) is 4.24. The van der Waals surface area contributed by atoms with Gasteiger partial charge in [0, 0.05) is 41.6 Å². The number of fused-ring (bicyclic) bond motifs is 1. The first-order valence-electron chi connectivity index (χ1n) is 11.2. The molecule has 4 rings (SSSR count). The molecule has 0 bridgehead atoms.